The number of ether oxygens (including phenoxy) is 2. The van der Waals surface area contributed by atoms with E-state index < -0.39 is 0 Å². The Morgan fingerprint density at radius 2 is 2.06 bits per heavy atom. The van der Waals surface area contributed by atoms with Gasteiger partial charge in [0.05, 0.1) is 13.7 Å². The van der Waals surface area contributed by atoms with Crippen LogP contribution in [0.25, 0.3) is 0 Å². The molecule has 0 unspecified atom stereocenters. The summed E-state index contributed by atoms with van der Waals surface area (Å²) < 4.78 is 10.9. The van der Waals surface area contributed by atoms with Crippen LogP contribution in [0, 0.1) is 0 Å². The van der Waals surface area contributed by atoms with Gasteiger partial charge in [-0.15, -0.1) is 0 Å². The Bertz CT molecular complexity index is 327. The first-order chi connectivity index (χ1) is 7.69. The Balaban J connectivity index is 2.85. The highest BCUT2D eigenvalue weighted by Crippen LogP contribution is 2.30. The number of hydrogen-bond acceptors (Lipinski definition) is 4. The van der Waals surface area contributed by atoms with Crippen molar-refractivity contribution in [2.75, 3.05) is 27.8 Å². The first-order valence-corrected chi connectivity index (χ1v) is 5.38. The maximum atomic E-state index is 5.51. The van der Waals surface area contributed by atoms with Crippen LogP contribution >= 0.6 is 0 Å². The molecule has 0 spiro atoms. The van der Waals surface area contributed by atoms with E-state index in [9.17, 15) is 0 Å². The second-order valence-electron chi connectivity index (χ2n) is 3.61. The highest BCUT2D eigenvalue weighted by atomic mass is 16.5. The first kappa shape index (κ1) is 12.8. The van der Waals surface area contributed by atoms with E-state index in [-0.39, 0.29) is 0 Å². The van der Waals surface area contributed by atoms with E-state index in [1.54, 1.807) is 7.11 Å². The lowest BCUT2D eigenvalue weighted by Gasteiger charge is -2.16. The van der Waals surface area contributed by atoms with Crippen molar-refractivity contribution in [1.29, 1.82) is 0 Å². The molecule has 0 atom stereocenters. The van der Waals surface area contributed by atoms with E-state index in [0.717, 1.165) is 23.6 Å². The topological polar surface area (TPSA) is 33.7 Å². The summed E-state index contributed by atoms with van der Waals surface area (Å²) in [5.41, 5.74) is 4.29. The van der Waals surface area contributed by atoms with Gasteiger partial charge < -0.3 is 9.47 Å². The van der Waals surface area contributed by atoms with Crippen LogP contribution in [0.1, 0.15) is 12.5 Å². The summed E-state index contributed by atoms with van der Waals surface area (Å²) in [4.78, 5) is 0. The van der Waals surface area contributed by atoms with Gasteiger partial charge in [0.15, 0.2) is 11.5 Å². The molecule has 90 valence electrons. The number of rotatable bonds is 6. The number of hydrogen-bond donors (Lipinski definition) is 1. The maximum Gasteiger partial charge on any atom is 0.165 e. The van der Waals surface area contributed by atoms with Crippen LogP contribution in [-0.4, -0.2) is 32.8 Å². The number of methoxy groups -OCH3 is 1. The minimum atomic E-state index is 0.640. The zero-order valence-electron chi connectivity index (χ0n) is 10.4. The van der Waals surface area contributed by atoms with Crippen LogP contribution in [0.4, 0.5) is 0 Å². The standard InChI is InChI=1S/C12H20N2O2/c1-5-16-11-8-6-7-10(12(11)15-4)9-13-14(2)3/h6-8,13H,5,9H2,1-4H3. The third-order valence-electron chi connectivity index (χ3n) is 2.15. The van der Waals surface area contributed by atoms with Gasteiger partial charge in [-0.1, -0.05) is 12.1 Å². The van der Waals surface area contributed by atoms with Crippen LogP contribution in [0.2, 0.25) is 0 Å². The van der Waals surface area contributed by atoms with Crippen molar-refractivity contribution < 1.29 is 9.47 Å². The van der Waals surface area contributed by atoms with Crippen LogP contribution in [0.15, 0.2) is 18.2 Å². The van der Waals surface area contributed by atoms with Gasteiger partial charge >= 0.3 is 0 Å². The Labute approximate surface area is 97.1 Å². The lowest BCUT2D eigenvalue weighted by atomic mass is 10.2. The van der Waals surface area contributed by atoms with Crippen LogP contribution in [0.3, 0.4) is 0 Å². The Kier molecular flexibility index (Phi) is 5.08. The number of nitrogens with one attached hydrogen (secondary N) is 1. The molecule has 1 aromatic carbocycles. The first-order valence-electron chi connectivity index (χ1n) is 5.38. The third kappa shape index (κ3) is 3.40. The second kappa shape index (κ2) is 6.35. The average molecular weight is 224 g/mol. The fourth-order valence-corrected chi connectivity index (χ4v) is 1.44. The Morgan fingerprint density at radius 1 is 1.31 bits per heavy atom. The predicted molar refractivity (Wildman–Crippen MR) is 64.7 cm³/mol. The Hall–Kier alpha value is -1.26. The van der Waals surface area contributed by atoms with Crippen molar-refractivity contribution in [3.8, 4) is 11.5 Å². The molecule has 0 fully saturated rings. The largest absolute Gasteiger partial charge is 0.493 e. The second-order valence-corrected chi connectivity index (χ2v) is 3.61. The number of hydrazine groups is 1. The summed E-state index contributed by atoms with van der Waals surface area (Å²) in [5.74, 6) is 1.60. The molecule has 0 bridgehead atoms. The van der Waals surface area contributed by atoms with E-state index in [0.29, 0.717) is 6.61 Å². The van der Waals surface area contributed by atoms with Crippen LogP contribution in [-0.2, 0) is 6.54 Å². The molecular formula is C12H20N2O2. The minimum absolute atomic E-state index is 0.640. The van der Waals surface area contributed by atoms with Gasteiger partial charge in [-0.3, -0.25) is 10.4 Å². The van der Waals surface area contributed by atoms with E-state index >= 15 is 0 Å². The fraction of sp³-hybridized carbons (Fsp3) is 0.500. The number of para-hydroxylation sites is 1. The van der Waals surface area contributed by atoms with Gasteiger partial charge in [0, 0.05) is 26.2 Å². The SMILES string of the molecule is CCOc1cccc(CNN(C)C)c1OC. The molecule has 0 aromatic heterocycles. The van der Waals surface area contributed by atoms with Crippen molar-refractivity contribution >= 4 is 0 Å². The molecule has 16 heavy (non-hydrogen) atoms. The fourth-order valence-electron chi connectivity index (χ4n) is 1.44. The number of nitrogens with zero attached hydrogens (tertiary/aromatic N) is 1. The van der Waals surface area contributed by atoms with E-state index in [1.165, 1.54) is 0 Å². The lowest BCUT2D eigenvalue weighted by molar-refractivity contribution is 0.278. The molecule has 1 aromatic rings. The molecule has 1 rings (SSSR count). The van der Waals surface area contributed by atoms with Gasteiger partial charge in [0.1, 0.15) is 0 Å². The van der Waals surface area contributed by atoms with Gasteiger partial charge in [0.25, 0.3) is 0 Å². The highest BCUT2D eigenvalue weighted by molar-refractivity contribution is 5.46. The molecule has 0 aliphatic rings. The molecule has 1 N–H and O–H groups in total. The van der Waals surface area contributed by atoms with Crippen molar-refractivity contribution in [1.82, 2.24) is 10.4 Å². The summed E-state index contributed by atoms with van der Waals surface area (Å²) in [5, 5.41) is 1.91. The monoisotopic (exact) mass is 224 g/mol. The van der Waals surface area contributed by atoms with Gasteiger partial charge in [-0.05, 0) is 13.0 Å². The van der Waals surface area contributed by atoms with Crippen LogP contribution in [0.5, 0.6) is 11.5 Å². The summed E-state index contributed by atoms with van der Waals surface area (Å²) in [7, 11) is 5.58. The molecule has 0 aliphatic heterocycles. The molecule has 4 heteroatoms. The summed E-state index contributed by atoms with van der Waals surface area (Å²) >= 11 is 0. The van der Waals surface area contributed by atoms with Crippen molar-refractivity contribution in [3.05, 3.63) is 23.8 Å². The predicted octanol–water partition coefficient (Wildman–Crippen LogP) is 1.66. The molecule has 0 aliphatic carbocycles. The van der Waals surface area contributed by atoms with Gasteiger partial charge in [-0.25, -0.2) is 0 Å². The van der Waals surface area contributed by atoms with Crippen molar-refractivity contribution in [3.63, 3.8) is 0 Å². The third-order valence-corrected chi connectivity index (χ3v) is 2.15. The smallest absolute Gasteiger partial charge is 0.165 e. The average Bonchev–Trinajstić information content (AvgIpc) is 2.27. The molecule has 4 nitrogen and oxygen atoms in total. The molecular weight excluding hydrogens is 204 g/mol. The van der Waals surface area contributed by atoms with Gasteiger partial charge in [0.2, 0.25) is 0 Å². The van der Waals surface area contributed by atoms with Crippen LogP contribution < -0.4 is 14.9 Å². The molecule has 0 radical (unpaired) electrons. The maximum absolute atomic E-state index is 5.51. The summed E-state index contributed by atoms with van der Waals surface area (Å²) in [6, 6.07) is 5.92. The van der Waals surface area contributed by atoms with Crippen molar-refractivity contribution in [2.45, 2.75) is 13.5 Å². The van der Waals surface area contributed by atoms with E-state index in [1.807, 2.05) is 44.2 Å². The normalized spacial score (nSPS) is 10.6. The highest BCUT2D eigenvalue weighted by Gasteiger charge is 2.09. The van der Waals surface area contributed by atoms with Crippen molar-refractivity contribution in [2.24, 2.45) is 0 Å². The Morgan fingerprint density at radius 3 is 2.62 bits per heavy atom. The molecule has 0 heterocycles. The summed E-state index contributed by atoms with van der Waals surface area (Å²) in [6.45, 7) is 3.32. The number of benzene rings is 1. The van der Waals surface area contributed by atoms with E-state index in [4.69, 9.17) is 9.47 Å². The quantitative estimate of drug-likeness (QED) is 0.745. The lowest BCUT2D eigenvalue weighted by Crippen LogP contribution is -2.29. The van der Waals surface area contributed by atoms with E-state index in [2.05, 4.69) is 5.43 Å². The zero-order valence-corrected chi connectivity index (χ0v) is 10.4. The minimum Gasteiger partial charge on any atom is -0.493 e. The summed E-state index contributed by atoms with van der Waals surface area (Å²) in [6.07, 6.45) is 0. The van der Waals surface area contributed by atoms with Gasteiger partial charge in [-0.2, -0.15) is 0 Å². The zero-order chi connectivity index (χ0) is 12.0. The molecule has 0 saturated heterocycles. The molecule has 0 amide bonds. The molecule has 0 saturated carbocycles.